The lowest BCUT2D eigenvalue weighted by Gasteiger charge is -2.27. The summed E-state index contributed by atoms with van der Waals surface area (Å²) in [6, 6.07) is 15.3. The zero-order valence-corrected chi connectivity index (χ0v) is 16.6. The molecule has 27 heavy (non-hydrogen) atoms. The average Bonchev–Trinajstić information content (AvgIpc) is 2.68. The monoisotopic (exact) mass is 386 g/mol. The SMILES string of the molecule is CC1CCCC(NC(=O)c2cccc(S(=O)(=O)N(C)c3ccccc3)c2)C1. The minimum atomic E-state index is -3.74. The number of sulfonamides is 1. The highest BCUT2D eigenvalue weighted by Gasteiger charge is 2.24. The zero-order chi connectivity index (χ0) is 19.4. The first-order valence-electron chi connectivity index (χ1n) is 9.33. The van der Waals surface area contributed by atoms with Gasteiger partial charge in [-0.25, -0.2) is 8.42 Å². The Morgan fingerprint density at radius 2 is 1.81 bits per heavy atom. The molecule has 0 heterocycles. The van der Waals surface area contributed by atoms with Gasteiger partial charge in [0.1, 0.15) is 0 Å². The smallest absolute Gasteiger partial charge is 0.264 e. The molecule has 5 nitrogen and oxygen atoms in total. The third-order valence-corrected chi connectivity index (χ3v) is 6.93. The molecule has 6 heteroatoms. The highest BCUT2D eigenvalue weighted by Crippen LogP contribution is 2.25. The Morgan fingerprint density at radius 1 is 1.07 bits per heavy atom. The number of carbonyl (C=O) groups is 1. The van der Waals surface area contributed by atoms with Gasteiger partial charge in [-0.1, -0.05) is 44.0 Å². The van der Waals surface area contributed by atoms with Gasteiger partial charge in [0.05, 0.1) is 10.6 Å². The van der Waals surface area contributed by atoms with E-state index < -0.39 is 10.0 Å². The molecule has 3 rings (SSSR count). The van der Waals surface area contributed by atoms with Crippen molar-refractivity contribution in [2.75, 3.05) is 11.4 Å². The number of carbonyl (C=O) groups excluding carboxylic acids is 1. The van der Waals surface area contributed by atoms with Crippen LogP contribution < -0.4 is 9.62 Å². The molecule has 0 spiro atoms. The fourth-order valence-electron chi connectivity index (χ4n) is 3.57. The van der Waals surface area contributed by atoms with Gasteiger partial charge in [0.2, 0.25) is 0 Å². The summed E-state index contributed by atoms with van der Waals surface area (Å²) in [5.74, 6) is 0.392. The van der Waals surface area contributed by atoms with Crippen LogP contribution in [0.25, 0.3) is 0 Å². The van der Waals surface area contributed by atoms with Crippen molar-refractivity contribution in [3.05, 3.63) is 60.2 Å². The van der Waals surface area contributed by atoms with Crippen LogP contribution in [0, 0.1) is 5.92 Å². The van der Waals surface area contributed by atoms with Gasteiger partial charge in [-0.05, 0) is 49.1 Å². The van der Waals surface area contributed by atoms with Crippen LogP contribution in [0.1, 0.15) is 43.0 Å². The lowest BCUT2D eigenvalue weighted by molar-refractivity contribution is 0.0921. The van der Waals surface area contributed by atoms with E-state index >= 15 is 0 Å². The number of anilines is 1. The summed E-state index contributed by atoms with van der Waals surface area (Å²) >= 11 is 0. The van der Waals surface area contributed by atoms with Gasteiger partial charge in [-0.2, -0.15) is 0 Å². The second-order valence-electron chi connectivity index (χ2n) is 7.28. The Hall–Kier alpha value is -2.34. The van der Waals surface area contributed by atoms with E-state index in [1.807, 2.05) is 6.07 Å². The molecule has 0 aliphatic heterocycles. The van der Waals surface area contributed by atoms with Gasteiger partial charge in [-0.3, -0.25) is 9.10 Å². The molecule has 1 aliphatic carbocycles. The molecule has 144 valence electrons. The number of para-hydroxylation sites is 1. The zero-order valence-electron chi connectivity index (χ0n) is 15.8. The van der Waals surface area contributed by atoms with Crippen LogP contribution in [0.2, 0.25) is 0 Å². The standard InChI is InChI=1S/C21H26N2O3S/c1-16-8-6-10-18(14-16)22-21(24)17-9-7-13-20(15-17)27(25,26)23(2)19-11-4-3-5-12-19/h3-5,7,9,11-13,15-16,18H,6,8,10,14H2,1-2H3,(H,22,24). The molecule has 2 unspecified atom stereocenters. The van der Waals surface area contributed by atoms with Gasteiger partial charge >= 0.3 is 0 Å². The quantitative estimate of drug-likeness (QED) is 0.849. The summed E-state index contributed by atoms with van der Waals surface area (Å²) in [7, 11) is -2.22. The van der Waals surface area contributed by atoms with Crippen molar-refractivity contribution in [3.8, 4) is 0 Å². The number of nitrogens with one attached hydrogen (secondary N) is 1. The number of rotatable bonds is 5. The Kier molecular flexibility index (Phi) is 5.85. The van der Waals surface area contributed by atoms with E-state index in [0.29, 0.717) is 17.2 Å². The van der Waals surface area contributed by atoms with Crippen molar-refractivity contribution in [1.82, 2.24) is 5.32 Å². The Morgan fingerprint density at radius 3 is 2.52 bits per heavy atom. The number of nitrogens with zero attached hydrogens (tertiary/aromatic N) is 1. The van der Waals surface area contributed by atoms with Crippen molar-refractivity contribution >= 4 is 21.6 Å². The molecule has 0 radical (unpaired) electrons. The Balaban J connectivity index is 1.79. The largest absolute Gasteiger partial charge is 0.349 e. The summed E-state index contributed by atoms with van der Waals surface area (Å²) in [6.45, 7) is 2.20. The summed E-state index contributed by atoms with van der Waals surface area (Å²) < 4.78 is 27.1. The maximum atomic E-state index is 12.9. The summed E-state index contributed by atoms with van der Waals surface area (Å²) in [4.78, 5) is 12.7. The molecule has 0 bridgehead atoms. The van der Waals surface area contributed by atoms with Crippen LogP contribution in [0.3, 0.4) is 0 Å². The molecule has 1 aliphatic rings. The fraction of sp³-hybridized carbons (Fsp3) is 0.381. The van der Waals surface area contributed by atoms with Crippen molar-refractivity contribution in [2.45, 2.75) is 43.5 Å². The molecule has 1 saturated carbocycles. The molecular formula is C21H26N2O3S. The summed E-state index contributed by atoms with van der Waals surface area (Å²) in [5.41, 5.74) is 0.944. The maximum absolute atomic E-state index is 12.9. The molecule has 1 N–H and O–H groups in total. The second kappa shape index (κ2) is 8.13. The van der Waals surface area contributed by atoms with Crippen LogP contribution in [0.15, 0.2) is 59.5 Å². The van der Waals surface area contributed by atoms with Crippen molar-refractivity contribution < 1.29 is 13.2 Å². The molecule has 1 amide bonds. The number of amides is 1. The minimum absolute atomic E-state index is 0.110. The summed E-state index contributed by atoms with van der Waals surface area (Å²) in [6.07, 6.45) is 4.26. The fourth-order valence-corrected chi connectivity index (χ4v) is 4.81. The maximum Gasteiger partial charge on any atom is 0.264 e. The third kappa shape index (κ3) is 4.50. The molecule has 2 aromatic rings. The molecule has 1 fully saturated rings. The van der Waals surface area contributed by atoms with Crippen molar-refractivity contribution in [3.63, 3.8) is 0 Å². The topological polar surface area (TPSA) is 66.5 Å². The predicted molar refractivity (Wildman–Crippen MR) is 107 cm³/mol. The van der Waals surface area contributed by atoms with E-state index in [0.717, 1.165) is 19.3 Å². The van der Waals surface area contributed by atoms with E-state index in [-0.39, 0.29) is 16.8 Å². The van der Waals surface area contributed by atoms with Gasteiger partial charge in [0.15, 0.2) is 0 Å². The van der Waals surface area contributed by atoms with Gasteiger partial charge < -0.3 is 5.32 Å². The second-order valence-corrected chi connectivity index (χ2v) is 9.25. The lowest BCUT2D eigenvalue weighted by Crippen LogP contribution is -2.38. The highest BCUT2D eigenvalue weighted by molar-refractivity contribution is 7.92. The van der Waals surface area contributed by atoms with Gasteiger partial charge in [0.25, 0.3) is 15.9 Å². The van der Waals surface area contributed by atoms with E-state index in [9.17, 15) is 13.2 Å². The number of hydrogen-bond donors (Lipinski definition) is 1. The summed E-state index contributed by atoms with van der Waals surface area (Å²) in [5, 5.41) is 3.06. The van der Waals surface area contributed by atoms with Crippen molar-refractivity contribution in [2.24, 2.45) is 5.92 Å². The number of benzene rings is 2. The third-order valence-electron chi connectivity index (χ3n) is 5.15. The Bertz CT molecular complexity index is 897. The van der Waals surface area contributed by atoms with E-state index in [1.165, 1.54) is 29.9 Å². The van der Waals surface area contributed by atoms with Crippen LogP contribution >= 0.6 is 0 Å². The molecular weight excluding hydrogens is 360 g/mol. The molecule has 2 atom stereocenters. The first-order chi connectivity index (χ1) is 12.9. The number of hydrogen-bond acceptors (Lipinski definition) is 3. The lowest BCUT2D eigenvalue weighted by atomic mass is 9.87. The normalized spacial score (nSPS) is 20.1. The first-order valence-corrected chi connectivity index (χ1v) is 10.8. The van der Waals surface area contributed by atoms with Gasteiger partial charge in [0, 0.05) is 18.7 Å². The first kappa shape index (κ1) is 19.4. The average molecular weight is 387 g/mol. The van der Waals surface area contributed by atoms with E-state index in [4.69, 9.17) is 0 Å². The molecule has 0 aromatic heterocycles. The van der Waals surface area contributed by atoms with Gasteiger partial charge in [-0.15, -0.1) is 0 Å². The molecule has 0 saturated heterocycles. The van der Waals surface area contributed by atoms with Crippen LogP contribution in [-0.4, -0.2) is 27.4 Å². The highest BCUT2D eigenvalue weighted by atomic mass is 32.2. The van der Waals surface area contributed by atoms with Crippen LogP contribution in [0.4, 0.5) is 5.69 Å². The van der Waals surface area contributed by atoms with E-state index in [2.05, 4.69) is 12.2 Å². The van der Waals surface area contributed by atoms with Crippen molar-refractivity contribution in [1.29, 1.82) is 0 Å². The Labute approximate surface area is 161 Å². The van der Waals surface area contributed by atoms with E-state index in [1.54, 1.807) is 36.4 Å². The minimum Gasteiger partial charge on any atom is -0.349 e. The molecule has 2 aromatic carbocycles. The predicted octanol–water partition coefficient (Wildman–Crippen LogP) is 3.82. The van der Waals surface area contributed by atoms with Crippen LogP contribution in [0.5, 0.6) is 0 Å². The van der Waals surface area contributed by atoms with Crippen LogP contribution in [-0.2, 0) is 10.0 Å².